The summed E-state index contributed by atoms with van der Waals surface area (Å²) in [6.45, 7) is 6.80. The number of nitrogens with one attached hydrogen (secondary N) is 1. The van der Waals surface area contributed by atoms with E-state index < -0.39 is 0 Å². The van der Waals surface area contributed by atoms with Crippen molar-refractivity contribution in [2.75, 3.05) is 18.0 Å². The molecule has 0 radical (unpaired) electrons. The molecule has 0 spiro atoms. The summed E-state index contributed by atoms with van der Waals surface area (Å²) in [7, 11) is 1.84. The number of nitrogens with zero attached hydrogens (tertiary/aromatic N) is 6. The molecule has 0 aromatic carbocycles. The minimum atomic E-state index is 0.530. The average molecular weight is 301 g/mol. The Balaban J connectivity index is 1.51. The molecular weight excluding hydrogens is 278 g/mol. The molecule has 2 aromatic heterocycles. The van der Waals surface area contributed by atoms with Gasteiger partial charge in [-0.15, -0.1) is 0 Å². The van der Waals surface area contributed by atoms with Crippen molar-refractivity contribution in [1.29, 1.82) is 0 Å². The minimum Gasteiger partial charge on any atom is -0.356 e. The first-order valence-corrected chi connectivity index (χ1v) is 7.76. The number of aromatic nitrogens is 5. The molecule has 0 bridgehead atoms. The van der Waals surface area contributed by atoms with E-state index in [1.807, 2.05) is 27.1 Å². The summed E-state index contributed by atoms with van der Waals surface area (Å²) < 4.78 is 0. The molecule has 118 valence electrons. The Morgan fingerprint density at radius 2 is 2.00 bits per heavy atom. The molecule has 1 saturated heterocycles. The molecule has 1 N–H and O–H groups in total. The van der Waals surface area contributed by atoms with Crippen molar-refractivity contribution in [1.82, 2.24) is 30.3 Å². The number of hydrogen-bond acceptors (Lipinski definition) is 6. The highest BCUT2D eigenvalue weighted by Gasteiger charge is 2.20. The van der Waals surface area contributed by atoms with E-state index in [-0.39, 0.29) is 0 Å². The normalized spacial score (nSPS) is 16.2. The van der Waals surface area contributed by atoms with Gasteiger partial charge in [-0.05, 0) is 26.7 Å². The van der Waals surface area contributed by atoms with E-state index in [9.17, 15) is 0 Å². The summed E-state index contributed by atoms with van der Waals surface area (Å²) in [5.74, 6) is 1.90. The van der Waals surface area contributed by atoms with Crippen LogP contribution in [0.1, 0.15) is 30.1 Å². The first kappa shape index (κ1) is 14.9. The highest BCUT2D eigenvalue weighted by Crippen LogP contribution is 2.19. The summed E-state index contributed by atoms with van der Waals surface area (Å²) >= 11 is 0. The first-order chi connectivity index (χ1) is 10.6. The van der Waals surface area contributed by atoms with E-state index in [4.69, 9.17) is 0 Å². The van der Waals surface area contributed by atoms with Crippen LogP contribution in [0.15, 0.2) is 12.3 Å². The number of rotatable bonds is 4. The summed E-state index contributed by atoms with van der Waals surface area (Å²) in [6.07, 6.45) is 4.04. The topological polar surface area (TPSA) is 71.8 Å². The quantitative estimate of drug-likeness (QED) is 0.907. The van der Waals surface area contributed by atoms with Crippen molar-refractivity contribution in [2.45, 2.75) is 39.3 Å². The molecular formula is C15H23N7. The van der Waals surface area contributed by atoms with Gasteiger partial charge >= 0.3 is 0 Å². The molecule has 0 atom stereocenters. The van der Waals surface area contributed by atoms with Crippen LogP contribution in [0.2, 0.25) is 0 Å². The third kappa shape index (κ3) is 3.59. The van der Waals surface area contributed by atoms with Gasteiger partial charge in [0.25, 0.3) is 0 Å². The maximum Gasteiger partial charge on any atom is 0.132 e. The van der Waals surface area contributed by atoms with Crippen molar-refractivity contribution in [3.8, 4) is 0 Å². The maximum absolute atomic E-state index is 4.55. The van der Waals surface area contributed by atoms with Gasteiger partial charge in [0.1, 0.15) is 11.6 Å². The lowest BCUT2D eigenvalue weighted by Gasteiger charge is -2.33. The van der Waals surface area contributed by atoms with Gasteiger partial charge in [-0.25, -0.2) is 9.97 Å². The van der Waals surface area contributed by atoms with Crippen LogP contribution in [-0.2, 0) is 13.6 Å². The number of piperidine rings is 1. The van der Waals surface area contributed by atoms with E-state index >= 15 is 0 Å². The van der Waals surface area contributed by atoms with Crippen LogP contribution < -0.4 is 10.2 Å². The Labute approximate surface area is 130 Å². The lowest BCUT2D eigenvalue weighted by atomic mass is 10.0. The van der Waals surface area contributed by atoms with Gasteiger partial charge in [0.15, 0.2) is 0 Å². The van der Waals surface area contributed by atoms with E-state index in [1.54, 1.807) is 4.80 Å². The molecule has 3 heterocycles. The van der Waals surface area contributed by atoms with E-state index in [1.165, 1.54) is 0 Å². The molecule has 1 aliphatic heterocycles. The number of aryl methyl sites for hydroxylation is 3. The maximum atomic E-state index is 4.55. The highest BCUT2D eigenvalue weighted by molar-refractivity contribution is 5.40. The standard InChI is InChI=1S/C15H23N7/c1-11-8-15(19-12(2)18-11)22-6-4-13(5-7-22)16-9-14-10-17-21(3)20-14/h8,10,13,16H,4-7,9H2,1-3H3. The second-order valence-corrected chi connectivity index (χ2v) is 5.88. The second-order valence-electron chi connectivity index (χ2n) is 5.88. The molecule has 1 aliphatic rings. The Morgan fingerprint density at radius 3 is 2.64 bits per heavy atom. The van der Waals surface area contributed by atoms with E-state index in [2.05, 4.69) is 36.4 Å². The smallest absolute Gasteiger partial charge is 0.132 e. The molecule has 0 saturated carbocycles. The summed E-state index contributed by atoms with van der Waals surface area (Å²) in [5.41, 5.74) is 2.03. The fraction of sp³-hybridized carbons (Fsp3) is 0.600. The predicted octanol–water partition coefficient (Wildman–Crippen LogP) is 0.981. The van der Waals surface area contributed by atoms with Gasteiger partial charge in [0.2, 0.25) is 0 Å². The van der Waals surface area contributed by atoms with Crippen LogP contribution in [0.5, 0.6) is 0 Å². The fourth-order valence-electron chi connectivity index (χ4n) is 2.89. The predicted molar refractivity (Wildman–Crippen MR) is 84.6 cm³/mol. The van der Waals surface area contributed by atoms with Crippen LogP contribution in [-0.4, -0.2) is 44.1 Å². The lowest BCUT2D eigenvalue weighted by molar-refractivity contribution is 0.409. The van der Waals surface area contributed by atoms with Gasteiger partial charge in [-0.2, -0.15) is 15.0 Å². The highest BCUT2D eigenvalue weighted by atomic mass is 15.4. The lowest BCUT2D eigenvalue weighted by Crippen LogP contribution is -2.42. The van der Waals surface area contributed by atoms with Crippen LogP contribution in [0.3, 0.4) is 0 Å². The van der Waals surface area contributed by atoms with E-state index in [0.717, 1.165) is 55.5 Å². The zero-order chi connectivity index (χ0) is 15.5. The van der Waals surface area contributed by atoms with Crippen molar-refractivity contribution in [3.05, 3.63) is 29.5 Å². The zero-order valence-electron chi connectivity index (χ0n) is 13.5. The molecule has 7 heteroatoms. The van der Waals surface area contributed by atoms with Crippen molar-refractivity contribution in [2.24, 2.45) is 7.05 Å². The molecule has 0 aliphatic carbocycles. The minimum absolute atomic E-state index is 0.530. The van der Waals surface area contributed by atoms with Crippen LogP contribution in [0.25, 0.3) is 0 Å². The molecule has 7 nitrogen and oxygen atoms in total. The Hall–Kier alpha value is -2.02. The van der Waals surface area contributed by atoms with Crippen LogP contribution >= 0.6 is 0 Å². The van der Waals surface area contributed by atoms with Gasteiger partial charge in [-0.1, -0.05) is 0 Å². The molecule has 22 heavy (non-hydrogen) atoms. The van der Waals surface area contributed by atoms with Crippen LogP contribution in [0.4, 0.5) is 5.82 Å². The van der Waals surface area contributed by atoms with Gasteiger partial charge in [0.05, 0.1) is 11.9 Å². The second kappa shape index (κ2) is 6.39. The molecule has 1 fully saturated rings. The van der Waals surface area contributed by atoms with Crippen LogP contribution in [0, 0.1) is 13.8 Å². The SMILES string of the molecule is Cc1cc(N2CCC(NCc3cnn(C)n3)CC2)nc(C)n1. The molecule has 0 amide bonds. The Bertz CT molecular complexity index is 608. The van der Waals surface area contributed by atoms with Crippen molar-refractivity contribution < 1.29 is 0 Å². The third-order valence-corrected chi connectivity index (χ3v) is 3.99. The summed E-state index contributed by atoms with van der Waals surface area (Å²) in [6, 6.07) is 2.60. The molecule has 3 rings (SSSR count). The van der Waals surface area contributed by atoms with E-state index in [0.29, 0.717) is 6.04 Å². The van der Waals surface area contributed by atoms with Gasteiger partial charge in [-0.3, -0.25) is 0 Å². The van der Waals surface area contributed by atoms with Gasteiger partial charge < -0.3 is 10.2 Å². The number of anilines is 1. The largest absolute Gasteiger partial charge is 0.356 e. The summed E-state index contributed by atoms with van der Waals surface area (Å²) in [4.78, 5) is 12.8. The monoisotopic (exact) mass is 301 g/mol. The van der Waals surface area contributed by atoms with Crippen molar-refractivity contribution >= 4 is 5.82 Å². The molecule has 2 aromatic rings. The fourth-order valence-corrected chi connectivity index (χ4v) is 2.89. The van der Waals surface area contributed by atoms with Crippen molar-refractivity contribution in [3.63, 3.8) is 0 Å². The average Bonchev–Trinajstić information content (AvgIpc) is 2.90. The van der Waals surface area contributed by atoms with Gasteiger partial charge in [0, 0.05) is 44.5 Å². The first-order valence-electron chi connectivity index (χ1n) is 7.76. The third-order valence-electron chi connectivity index (χ3n) is 3.99. The molecule has 0 unspecified atom stereocenters. The number of hydrogen-bond donors (Lipinski definition) is 1. The summed E-state index contributed by atoms with van der Waals surface area (Å²) in [5, 5.41) is 12.0. The zero-order valence-corrected chi connectivity index (χ0v) is 13.5. The Morgan fingerprint density at radius 1 is 1.23 bits per heavy atom. The Kier molecular flexibility index (Phi) is 4.33.